The third-order valence-electron chi connectivity index (χ3n) is 1.41. The van der Waals surface area contributed by atoms with Gasteiger partial charge in [-0.1, -0.05) is 13.8 Å². The normalized spacial score (nSPS) is 19.1. The molecular formula is C7H13NOS. The molecule has 0 unspecified atom stereocenters. The number of carbonyl (C=O) groups is 1. The summed E-state index contributed by atoms with van der Waals surface area (Å²) in [6.45, 7) is 5.19. The molecule has 1 aliphatic heterocycles. The van der Waals surface area contributed by atoms with Crippen molar-refractivity contribution in [2.24, 2.45) is 5.92 Å². The molecule has 0 aliphatic carbocycles. The third-order valence-corrected chi connectivity index (χ3v) is 2.36. The Hall–Kier alpha value is -0.180. The molecule has 0 radical (unpaired) electrons. The summed E-state index contributed by atoms with van der Waals surface area (Å²) in [6, 6.07) is 0. The van der Waals surface area contributed by atoms with E-state index < -0.39 is 0 Å². The zero-order chi connectivity index (χ0) is 7.56. The van der Waals surface area contributed by atoms with Crippen molar-refractivity contribution in [3.05, 3.63) is 0 Å². The molecule has 1 saturated heterocycles. The van der Waals surface area contributed by atoms with Crippen LogP contribution in [0, 0.1) is 5.92 Å². The molecule has 0 bridgehead atoms. The predicted octanol–water partition coefficient (Wildman–Crippen LogP) is 1.18. The first-order chi connectivity index (χ1) is 4.70. The predicted molar refractivity (Wildman–Crippen MR) is 43.9 cm³/mol. The lowest BCUT2D eigenvalue weighted by atomic mass is 10.2. The fraction of sp³-hybridized carbons (Fsp3) is 0.857. The molecule has 1 fully saturated rings. The van der Waals surface area contributed by atoms with Crippen molar-refractivity contribution in [1.82, 2.24) is 4.90 Å². The molecule has 1 aliphatic rings. The second-order valence-corrected chi connectivity index (χ2v) is 3.94. The van der Waals surface area contributed by atoms with E-state index in [1.54, 1.807) is 11.8 Å². The van der Waals surface area contributed by atoms with E-state index in [0.29, 0.717) is 17.6 Å². The van der Waals surface area contributed by atoms with Gasteiger partial charge in [-0.25, -0.2) is 0 Å². The molecule has 2 nitrogen and oxygen atoms in total. The van der Waals surface area contributed by atoms with Gasteiger partial charge in [0.25, 0.3) is 0 Å². The van der Waals surface area contributed by atoms with Gasteiger partial charge in [0.05, 0.1) is 11.6 Å². The summed E-state index contributed by atoms with van der Waals surface area (Å²) >= 11 is 1.71. The second-order valence-electron chi connectivity index (χ2n) is 2.99. The maximum atomic E-state index is 11.0. The van der Waals surface area contributed by atoms with Crippen LogP contribution in [0.1, 0.15) is 13.8 Å². The molecule has 58 valence electrons. The molecule has 1 amide bonds. The maximum Gasteiger partial charge on any atom is 0.233 e. The molecular weight excluding hydrogens is 146 g/mol. The number of amides is 1. The van der Waals surface area contributed by atoms with Gasteiger partial charge in [0, 0.05) is 6.54 Å². The Labute approximate surface area is 66.0 Å². The average molecular weight is 159 g/mol. The van der Waals surface area contributed by atoms with E-state index in [4.69, 9.17) is 0 Å². The van der Waals surface area contributed by atoms with Crippen molar-refractivity contribution in [2.45, 2.75) is 13.8 Å². The Bertz CT molecular complexity index is 136. The number of rotatable bonds is 2. The average Bonchev–Trinajstić information content (AvgIpc) is 2.15. The highest BCUT2D eigenvalue weighted by molar-refractivity contribution is 8.00. The van der Waals surface area contributed by atoms with Crippen molar-refractivity contribution in [3.63, 3.8) is 0 Å². The van der Waals surface area contributed by atoms with E-state index >= 15 is 0 Å². The van der Waals surface area contributed by atoms with Gasteiger partial charge >= 0.3 is 0 Å². The Morgan fingerprint density at radius 1 is 1.70 bits per heavy atom. The van der Waals surface area contributed by atoms with E-state index in [-0.39, 0.29) is 0 Å². The third kappa shape index (κ3) is 1.90. The van der Waals surface area contributed by atoms with E-state index in [1.807, 2.05) is 4.90 Å². The van der Waals surface area contributed by atoms with Crippen LogP contribution in [0.3, 0.4) is 0 Å². The zero-order valence-electron chi connectivity index (χ0n) is 6.46. The quantitative estimate of drug-likeness (QED) is 0.603. The topological polar surface area (TPSA) is 20.3 Å². The van der Waals surface area contributed by atoms with Gasteiger partial charge in [-0.05, 0) is 5.92 Å². The Kier molecular flexibility index (Phi) is 2.60. The van der Waals surface area contributed by atoms with Crippen LogP contribution in [0.25, 0.3) is 0 Å². The molecule has 0 aromatic heterocycles. The molecule has 0 spiro atoms. The molecule has 0 atom stereocenters. The van der Waals surface area contributed by atoms with Crippen LogP contribution in [0.4, 0.5) is 0 Å². The van der Waals surface area contributed by atoms with Gasteiger partial charge in [-0.3, -0.25) is 4.79 Å². The molecule has 3 heteroatoms. The van der Waals surface area contributed by atoms with Gasteiger partial charge in [-0.2, -0.15) is 0 Å². The summed E-state index contributed by atoms with van der Waals surface area (Å²) in [6.07, 6.45) is 0. The van der Waals surface area contributed by atoms with Crippen molar-refractivity contribution < 1.29 is 4.79 Å². The number of nitrogens with zero attached hydrogens (tertiary/aromatic N) is 1. The van der Waals surface area contributed by atoms with Gasteiger partial charge < -0.3 is 4.90 Å². The minimum absolute atomic E-state index is 0.304. The van der Waals surface area contributed by atoms with Gasteiger partial charge in [-0.15, -0.1) is 11.8 Å². The highest BCUT2D eigenvalue weighted by Crippen LogP contribution is 2.15. The first-order valence-electron chi connectivity index (χ1n) is 3.55. The summed E-state index contributed by atoms with van der Waals surface area (Å²) < 4.78 is 0. The number of hydrogen-bond acceptors (Lipinski definition) is 2. The van der Waals surface area contributed by atoms with Gasteiger partial charge in [0.2, 0.25) is 5.91 Å². The van der Waals surface area contributed by atoms with Crippen LogP contribution < -0.4 is 0 Å². The van der Waals surface area contributed by atoms with E-state index in [9.17, 15) is 4.79 Å². The van der Waals surface area contributed by atoms with E-state index in [2.05, 4.69) is 13.8 Å². The molecule has 1 heterocycles. The lowest BCUT2D eigenvalue weighted by molar-refractivity contribution is -0.127. The molecule has 10 heavy (non-hydrogen) atoms. The van der Waals surface area contributed by atoms with Crippen LogP contribution in [0.5, 0.6) is 0 Å². The SMILES string of the molecule is CC(C)CN1CSCC1=O. The Morgan fingerprint density at radius 2 is 2.40 bits per heavy atom. The van der Waals surface area contributed by atoms with Gasteiger partial charge in [0.1, 0.15) is 0 Å². The standard InChI is InChI=1S/C7H13NOS/c1-6(2)3-8-5-10-4-7(8)9/h6H,3-5H2,1-2H3. The second kappa shape index (κ2) is 3.28. The Morgan fingerprint density at radius 3 is 2.80 bits per heavy atom. The Balaban J connectivity index is 2.33. The number of hydrogen-bond donors (Lipinski definition) is 0. The fourth-order valence-corrected chi connectivity index (χ4v) is 1.92. The molecule has 0 aromatic rings. The highest BCUT2D eigenvalue weighted by atomic mass is 32.2. The van der Waals surface area contributed by atoms with Crippen molar-refractivity contribution >= 4 is 17.7 Å². The van der Waals surface area contributed by atoms with Crippen LogP contribution in [-0.2, 0) is 4.79 Å². The highest BCUT2D eigenvalue weighted by Gasteiger charge is 2.20. The van der Waals surface area contributed by atoms with Crippen molar-refractivity contribution in [2.75, 3.05) is 18.2 Å². The maximum absolute atomic E-state index is 11.0. The minimum Gasteiger partial charge on any atom is -0.332 e. The molecule has 1 rings (SSSR count). The molecule has 0 N–H and O–H groups in total. The van der Waals surface area contributed by atoms with E-state index in [0.717, 1.165) is 12.4 Å². The zero-order valence-corrected chi connectivity index (χ0v) is 7.28. The lowest BCUT2D eigenvalue weighted by Crippen LogP contribution is -2.29. The summed E-state index contributed by atoms with van der Waals surface area (Å²) in [7, 11) is 0. The monoisotopic (exact) mass is 159 g/mol. The summed E-state index contributed by atoms with van der Waals surface area (Å²) in [5.41, 5.74) is 0. The van der Waals surface area contributed by atoms with Crippen LogP contribution in [0.2, 0.25) is 0 Å². The van der Waals surface area contributed by atoms with Crippen LogP contribution in [-0.4, -0.2) is 29.0 Å². The van der Waals surface area contributed by atoms with Crippen LogP contribution >= 0.6 is 11.8 Å². The minimum atomic E-state index is 0.304. The summed E-state index contributed by atoms with van der Waals surface area (Å²) in [5.74, 6) is 2.49. The smallest absolute Gasteiger partial charge is 0.233 e. The van der Waals surface area contributed by atoms with E-state index in [1.165, 1.54) is 0 Å². The summed E-state index contributed by atoms with van der Waals surface area (Å²) in [4.78, 5) is 12.9. The molecule has 0 saturated carbocycles. The number of carbonyl (C=O) groups excluding carboxylic acids is 1. The molecule has 0 aromatic carbocycles. The fourth-order valence-electron chi connectivity index (χ4n) is 1.00. The van der Waals surface area contributed by atoms with Crippen molar-refractivity contribution in [1.29, 1.82) is 0 Å². The first-order valence-corrected chi connectivity index (χ1v) is 4.71. The first kappa shape index (κ1) is 7.92. The number of thioether (sulfide) groups is 1. The largest absolute Gasteiger partial charge is 0.332 e. The van der Waals surface area contributed by atoms with Gasteiger partial charge in [0.15, 0.2) is 0 Å². The summed E-state index contributed by atoms with van der Waals surface area (Å²) in [5, 5.41) is 0. The lowest BCUT2D eigenvalue weighted by Gasteiger charge is -2.16. The van der Waals surface area contributed by atoms with Crippen molar-refractivity contribution in [3.8, 4) is 0 Å². The van der Waals surface area contributed by atoms with Crippen LogP contribution in [0.15, 0.2) is 0 Å².